The Hall–Kier alpha value is -0.870. The van der Waals surface area contributed by atoms with E-state index in [2.05, 4.69) is 21.8 Å². The number of aryl methyl sites for hydroxylation is 1. The normalized spacial score (nSPS) is 12.0. The Labute approximate surface area is 85.0 Å². The van der Waals surface area contributed by atoms with E-state index in [1.54, 1.807) is 13.8 Å². The summed E-state index contributed by atoms with van der Waals surface area (Å²) in [7, 11) is 0. The van der Waals surface area contributed by atoms with Crippen LogP contribution in [0.1, 0.15) is 26.5 Å². The van der Waals surface area contributed by atoms with E-state index in [0.29, 0.717) is 6.54 Å². The molecule has 0 aliphatic carbocycles. The van der Waals surface area contributed by atoms with Gasteiger partial charge in [0.2, 0.25) is 0 Å². The molecule has 1 rings (SSSR count). The van der Waals surface area contributed by atoms with E-state index in [9.17, 15) is 5.11 Å². The fourth-order valence-electron chi connectivity index (χ4n) is 1.28. The van der Waals surface area contributed by atoms with E-state index in [1.165, 1.54) is 0 Å². The van der Waals surface area contributed by atoms with Crippen molar-refractivity contribution < 1.29 is 5.11 Å². The molecule has 0 fully saturated rings. The smallest absolute Gasteiger partial charge is 0.0948 e. The van der Waals surface area contributed by atoms with E-state index < -0.39 is 5.60 Å². The van der Waals surface area contributed by atoms with Gasteiger partial charge >= 0.3 is 0 Å². The van der Waals surface area contributed by atoms with Crippen LogP contribution in [-0.4, -0.2) is 26.8 Å². The molecule has 0 bridgehead atoms. The van der Waals surface area contributed by atoms with E-state index in [1.807, 2.05) is 12.5 Å². The molecule has 0 amide bonds. The van der Waals surface area contributed by atoms with Crippen molar-refractivity contribution in [2.45, 2.75) is 39.5 Å². The standard InChI is InChI=1S/C10H19N3O/c1-4-13-8-12-6-9(13)5-11-7-10(2,3)14/h6,8,11,14H,4-5,7H2,1-3H3. The van der Waals surface area contributed by atoms with Gasteiger partial charge in [0.1, 0.15) is 0 Å². The summed E-state index contributed by atoms with van der Waals surface area (Å²) in [6, 6.07) is 0. The summed E-state index contributed by atoms with van der Waals surface area (Å²) in [6.45, 7) is 7.93. The van der Waals surface area contributed by atoms with E-state index in [0.717, 1.165) is 18.8 Å². The van der Waals surface area contributed by atoms with Crippen molar-refractivity contribution in [1.82, 2.24) is 14.9 Å². The number of aromatic nitrogens is 2. The number of hydrogen-bond donors (Lipinski definition) is 2. The third kappa shape index (κ3) is 3.47. The van der Waals surface area contributed by atoms with Gasteiger partial charge in [-0.15, -0.1) is 0 Å². The van der Waals surface area contributed by atoms with Crippen LogP contribution in [0.5, 0.6) is 0 Å². The van der Waals surface area contributed by atoms with Gasteiger partial charge in [0, 0.05) is 25.8 Å². The molecule has 1 heterocycles. The maximum atomic E-state index is 9.49. The summed E-state index contributed by atoms with van der Waals surface area (Å²) in [5, 5.41) is 12.7. The largest absolute Gasteiger partial charge is 0.389 e. The molecule has 0 aromatic carbocycles. The number of rotatable bonds is 5. The fraction of sp³-hybridized carbons (Fsp3) is 0.700. The molecular weight excluding hydrogens is 178 g/mol. The van der Waals surface area contributed by atoms with Gasteiger partial charge in [0.05, 0.1) is 17.6 Å². The minimum atomic E-state index is -0.656. The Bertz CT molecular complexity index is 275. The highest BCUT2D eigenvalue weighted by Gasteiger charge is 2.11. The second-order valence-corrected chi connectivity index (χ2v) is 4.09. The molecule has 14 heavy (non-hydrogen) atoms. The lowest BCUT2D eigenvalue weighted by molar-refractivity contribution is 0.0793. The highest BCUT2D eigenvalue weighted by molar-refractivity contribution is 4.97. The minimum absolute atomic E-state index is 0.585. The third-order valence-electron chi connectivity index (χ3n) is 2.00. The maximum Gasteiger partial charge on any atom is 0.0948 e. The van der Waals surface area contributed by atoms with Crippen molar-refractivity contribution in [3.05, 3.63) is 18.2 Å². The first-order valence-corrected chi connectivity index (χ1v) is 4.95. The lowest BCUT2D eigenvalue weighted by Gasteiger charge is -2.17. The Balaban J connectivity index is 2.38. The van der Waals surface area contributed by atoms with Gasteiger partial charge in [-0.05, 0) is 20.8 Å². The van der Waals surface area contributed by atoms with Crippen molar-refractivity contribution >= 4 is 0 Å². The first-order chi connectivity index (χ1) is 6.53. The van der Waals surface area contributed by atoms with Gasteiger partial charge in [0.25, 0.3) is 0 Å². The van der Waals surface area contributed by atoms with Crippen molar-refractivity contribution in [1.29, 1.82) is 0 Å². The van der Waals surface area contributed by atoms with Crippen molar-refractivity contribution in [2.24, 2.45) is 0 Å². The molecule has 0 radical (unpaired) electrons. The van der Waals surface area contributed by atoms with Crippen molar-refractivity contribution in [3.63, 3.8) is 0 Å². The quantitative estimate of drug-likeness (QED) is 0.733. The Morgan fingerprint density at radius 1 is 1.57 bits per heavy atom. The molecule has 4 nitrogen and oxygen atoms in total. The zero-order valence-corrected chi connectivity index (χ0v) is 9.12. The lowest BCUT2D eigenvalue weighted by Crippen LogP contribution is -2.34. The van der Waals surface area contributed by atoms with Crippen LogP contribution in [0.4, 0.5) is 0 Å². The zero-order chi connectivity index (χ0) is 10.6. The number of nitrogens with one attached hydrogen (secondary N) is 1. The van der Waals surface area contributed by atoms with Gasteiger partial charge in [-0.2, -0.15) is 0 Å². The molecule has 0 aliphatic rings. The van der Waals surface area contributed by atoms with Gasteiger partial charge in [-0.3, -0.25) is 0 Å². The average molecular weight is 197 g/mol. The van der Waals surface area contributed by atoms with E-state index in [-0.39, 0.29) is 0 Å². The molecule has 0 atom stereocenters. The summed E-state index contributed by atoms with van der Waals surface area (Å²) in [5.74, 6) is 0. The minimum Gasteiger partial charge on any atom is -0.389 e. The van der Waals surface area contributed by atoms with Crippen LogP contribution in [0.25, 0.3) is 0 Å². The molecule has 4 heteroatoms. The van der Waals surface area contributed by atoms with Crippen molar-refractivity contribution in [3.8, 4) is 0 Å². The summed E-state index contributed by atoms with van der Waals surface area (Å²) in [6.07, 6.45) is 3.67. The molecule has 0 saturated heterocycles. The van der Waals surface area contributed by atoms with E-state index >= 15 is 0 Å². The van der Waals surface area contributed by atoms with Crippen LogP contribution >= 0.6 is 0 Å². The lowest BCUT2D eigenvalue weighted by atomic mass is 10.1. The molecule has 1 aromatic heterocycles. The first-order valence-electron chi connectivity index (χ1n) is 4.95. The first kappa shape index (κ1) is 11.2. The molecule has 0 unspecified atom stereocenters. The molecule has 0 saturated carbocycles. The molecule has 1 aromatic rings. The van der Waals surface area contributed by atoms with Gasteiger partial charge in [-0.25, -0.2) is 4.98 Å². The monoisotopic (exact) mass is 197 g/mol. The van der Waals surface area contributed by atoms with Crippen LogP contribution < -0.4 is 5.32 Å². The second kappa shape index (κ2) is 4.57. The third-order valence-corrected chi connectivity index (χ3v) is 2.00. The Morgan fingerprint density at radius 2 is 2.29 bits per heavy atom. The second-order valence-electron chi connectivity index (χ2n) is 4.09. The van der Waals surface area contributed by atoms with Crippen LogP contribution in [0.3, 0.4) is 0 Å². The maximum absolute atomic E-state index is 9.49. The van der Waals surface area contributed by atoms with Crippen LogP contribution in [-0.2, 0) is 13.1 Å². The Kier molecular flexibility index (Phi) is 3.66. The van der Waals surface area contributed by atoms with Gasteiger partial charge in [-0.1, -0.05) is 0 Å². The predicted molar refractivity (Wildman–Crippen MR) is 55.9 cm³/mol. The van der Waals surface area contributed by atoms with E-state index in [4.69, 9.17) is 0 Å². The number of aliphatic hydroxyl groups is 1. The number of hydrogen-bond acceptors (Lipinski definition) is 3. The van der Waals surface area contributed by atoms with Gasteiger partial charge in [0.15, 0.2) is 0 Å². The predicted octanol–water partition coefficient (Wildman–Crippen LogP) is 0.763. The summed E-state index contributed by atoms with van der Waals surface area (Å²) in [5.41, 5.74) is 0.494. The zero-order valence-electron chi connectivity index (χ0n) is 9.12. The summed E-state index contributed by atoms with van der Waals surface area (Å²) < 4.78 is 2.08. The number of imidazole rings is 1. The molecule has 2 N–H and O–H groups in total. The average Bonchev–Trinajstić information content (AvgIpc) is 2.49. The molecule has 0 aliphatic heterocycles. The highest BCUT2D eigenvalue weighted by Crippen LogP contribution is 2.01. The fourth-order valence-corrected chi connectivity index (χ4v) is 1.28. The van der Waals surface area contributed by atoms with Crippen LogP contribution in [0.15, 0.2) is 12.5 Å². The summed E-state index contributed by atoms with van der Waals surface area (Å²) in [4.78, 5) is 4.07. The highest BCUT2D eigenvalue weighted by atomic mass is 16.3. The Morgan fingerprint density at radius 3 is 2.86 bits per heavy atom. The molecular formula is C10H19N3O. The van der Waals surface area contributed by atoms with Crippen LogP contribution in [0.2, 0.25) is 0 Å². The van der Waals surface area contributed by atoms with Gasteiger partial charge < -0.3 is 15.0 Å². The summed E-state index contributed by atoms with van der Waals surface area (Å²) >= 11 is 0. The SMILES string of the molecule is CCn1cncc1CNCC(C)(C)O. The number of nitrogens with zero attached hydrogens (tertiary/aromatic N) is 2. The molecule has 0 spiro atoms. The topological polar surface area (TPSA) is 50.1 Å². The van der Waals surface area contributed by atoms with Crippen LogP contribution in [0, 0.1) is 0 Å². The van der Waals surface area contributed by atoms with Crippen molar-refractivity contribution in [2.75, 3.05) is 6.54 Å². The molecule has 80 valence electrons.